The number of nitrogens with zero attached hydrogens (tertiary/aromatic N) is 1. The van der Waals surface area contributed by atoms with Gasteiger partial charge in [0.25, 0.3) is 5.91 Å². The molecular formula is C22H21F2NO5. The molecule has 3 rings (SSSR count). The van der Waals surface area contributed by atoms with Crippen LogP contribution >= 0.6 is 0 Å². The van der Waals surface area contributed by atoms with Crippen LogP contribution in [0.2, 0.25) is 0 Å². The molecule has 1 unspecified atom stereocenters. The van der Waals surface area contributed by atoms with E-state index in [0.29, 0.717) is 37.4 Å². The number of amides is 1. The van der Waals surface area contributed by atoms with Gasteiger partial charge in [-0.1, -0.05) is 42.5 Å². The van der Waals surface area contributed by atoms with Crippen molar-refractivity contribution in [1.82, 2.24) is 4.90 Å². The van der Waals surface area contributed by atoms with Gasteiger partial charge in [-0.2, -0.15) is 8.78 Å². The molecule has 1 amide bonds. The average molecular weight is 417 g/mol. The summed E-state index contributed by atoms with van der Waals surface area (Å²) >= 11 is 0. The average Bonchev–Trinajstić information content (AvgIpc) is 2.77. The number of alkyl halides is 2. The van der Waals surface area contributed by atoms with Gasteiger partial charge in [0.2, 0.25) is 6.10 Å². The van der Waals surface area contributed by atoms with Crippen LogP contribution in [0.5, 0.6) is 5.75 Å². The molecular weight excluding hydrogens is 396 g/mol. The van der Waals surface area contributed by atoms with Gasteiger partial charge in [0, 0.05) is 24.7 Å². The molecule has 1 heterocycles. The third-order valence-corrected chi connectivity index (χ3v) is 4.40. The van der Waals surface area contributed by atoms with E-state index >= 15 is 0 Å². The molecule has 30 heavy (non-hydrogen) atoms. The van der Waals surface area contributed by atoms with Crippen molar-refractivity contribution >= 4 is 18.0 Å². The van der Waals surface area contributed by atoms with Crippen molar-refractivity contribution in [1.29, 1.82) is 0 Å². The lowest BCUT2D eigenvalue weighted by Gasteiger charge is -2.30. The van der Waals surface area contributed by atoms with Crippen molar-refractivity contribution in [3.05, 3.63) is 71.8 Å². The Balaban J connectivity index is 1.68. The zero-order valence-electron chi connectivity index (χ0n) is 16.1. The molecule has 158 valence electrons. The van der Waals surface area contributed by atoms with Crippen molar-refractivity contribution in [3.63, 3.8) is 0 Å². The first-order valence-corrected chi connectivity index (χ1v) is 9.38. The Labute approximate surface area is 172 Å². The second-order valence-corrected chi connectivity index (χ2v) is 6.45. The molecule has 1 atom stereocenters. The van der Waals surface area contributed by atoms with Crippen LogP contribution in [0.15, 0.2) is 60.7 Å². The smallest absolute Gasteiger partial charge is 0.387 e. The topological polar surface area (TPSA) is 65.1 Å². The van der Waals surface area contributed by atoms with Crippen LogP contribution in [-0.4, -0.2) is 49.7 Å². The van der Waals surface area contributed by atoms with Crippen molar-refractivity contribution in [2.45, 2.75) is 12.7 Å². The minimum absolute atomic E-state index is 0.0185. The summed E-state index contributed by atoms with van der Waals surface area (Å²) in [6.07, 6.45) is 1.59. The molecule has 1 saturated heterocycles. The minimum atomic E-state index is -2.90. The van der Waals surface area contributed by atoms with Crippen LogP contribution in [0.4, 0.5) is 8.78 Å². The number of esters is 1. The molecule has 0 spiro atoms. The Morgan fingerprint density at radius 1 is 1.00 bits per heavy atom. The van der Waals surface area contributed by atoms with Crippen molar-refractivity contribution < 1.29 is 32.6 Å². The summed E-state index contributed by atoms with van der Waals surface area (Å²) in [5, 5.41) is 0. The highest BCUT2D eigenvalue weighted by atomic mass is 19.3. The first-order valence-electron chi connectivity index (χ1n) is 9.38. The summed E-state index contributed by atoms with van der Waals surface area (Å²) < 4.78 is 39.4. The lowest BCUT2D eigenvalue weighted by atomic mass is 10.1. The Kier molecular flexibility index (Phi) is 7.51. The Morgan fingerprint density at radius 3 is 2.30 bits per heavy atom. The largest absolute Gasteiger partial charge is 0.444 e. The molecule has 0 aliphatic carbocycles. The highest BCUT2D eigenvalue weighted by molar-refractivity contribution is 5.91. The van der Waals surface area contributed by atoms with Crippen LogP contribution in [0.1, 0.15) is 17.2 Å². The van der Waals surface area contributed by atoms with Crippen LogP contribution in [0.3, 0.4) is 0 Å². The number of hydrogen-bond acceptors (Lipinski definition) is 5. The highest BCUT2D eigenvalue weighted by Crippen LogP contribution is 2.22. The monoisotopic (exact) mass is 417 g/mol. The number of carbonyl (C=O) groups excluding carboxylic acids is 2. The van der Waals surface area contributed by atoms with Gasteiger partial charge in [-0.25, -0.2) is 4.79 Å². The standard InChI is InChI=1S/C22H21F2NO5/c23-22(24)29-18-9-6-16(7-10-18)8-11-19(26)30-20(17-4-2-1-3-5-17)21(27)25-12-14-28-15-13-25/h1-11,20,22H,12-15H2. The van der Waals surface area contributed by atoms with Gasteiger partial charge in [0.1, 0.15) is 5.75 Å². The molecule has 0 aromatic heterocycles. The molecule has 1 aliphatic rings. The predicted molar refractivity (Wildman–Crippen MR) is 105 cm³/mol. The van der Waals surface area contributed by atoms with E-state index in [1.807, 2.05) is 6.07 Å². The molecule has 1 fully saturated rings. The van der Waals surface area contributed by atoms with Crippen LogP contribution < -0.4 is 4.74 Å². The Morgan fingerprint density at radius 2 is 1.67 bits per heavy atom. The van der Waals surface area contributed by atoms with Gasteiger partial charge < -0.3 is 19.1 Å². The van der Waals surface area contributed by atoms with E-state index in [0.717, 1.165) is 0 Å². The molecule has 0 saturated carbocycles. The SMILES string of the molecule is O=C(C=Cc1ccc(OC(F)F)cc1)OC(C(=O)N1CCOCC1)c1ccccc1. The molecule has 1 aliphatic heterocycles. The third kappa shape index (κ3) is 6.12. The van der Waals surface area contributed by atoms with E-state index in [1.165, 1.54) is 36.4 Å². The fourth-order valence-electron chi connectivity index (χ4n) is 2.92. The highest BCUT2D eigenvalue weighted by Gasteiger charge is 2.29. The number of morpholine rings is 1. The fourth-order valence-corrected chi connectivity index (χ4v) is 2.92. The predicted octanol–water partition coefficient (Wildman–Crippen LogP) is 3.44. The second-order valence-electron chi connectivity index (χ2n) is 6.45. The van der Waals surface area contributed by atoms with E-state index < -0.39 is 18.7 Å². The maximum Gasteiger partial charge on any atom is 0.387 e. The molecule has 8 heteroatoms. The van der Waals surface area contributed by atoms with E-state index in [1.54, 1.807) is 29.2 Å². The van der Waals surface area contributed by atoms with Gasteiger partial charge in [-0.3, -0.25) is 4.79 Å². The maximum absolute atomic E-state index is 12.9. The molecule has 2 aromatic rings. The number of ether oxygens (including phenoxy) is 3. The van der Waals surface area contributed by atoms with Crippen LogP contribution in [0.25, 0.3) is 6.08 Å². The summed E-state index contributed by atoms with van der Waals surface area (Å²) in [5.74, 6) is -0.983. The quantitative estimate of drug-likeness (QED) is 0.510. The first kappa shape index (κ1) is 21.4. The van der Waals surface area contributed by atoms with E-state index in [9.17, 15) is 18.4 Å². The molecule has 0 bridgehead atoms. The maximum atomic E-state index is 12.9. The summed E-state index contributed by atoms with van der Waals surface area (Å²) in [5.41, 5.74) is 1.16. The zero-order valence-corrected chi connectivity index (χ0v) is 16.1. The van der Waals surface area contributed by atoms with Gasteiger partial charge >= 0.3 is 12.6 Å². The first-order chi connectivity index (χ1) is 14.5. The van der Waals surface area contributed by atoms with Crippen molar-refractivity contribution in [2.75, 3.05) is 26.3 Å². The normalized spacial score (nSPS) is 15.2. The van der Waals surface area contributed by atoms with Crippen LogP contribution in [-0.2, 0) is 19.1 Å². The summed E-state index contributed by atoms with van der Waals surface area (Å²) in [6, 6.07) is 14.6. The van der Waals surface area contributed by atoms with Crippen molar-refractivity contribution in [2.24, 2.45) is 0 Å². The molecule has 2 aromatic carbocycles. The van der Waals surface area contributed by atoms with Gasteiger partial charge in [0.15, 0.2) is 0 Å². The second kappa shape index (κ2) is 10.5. The number of benzene rings is 2. The lowest BCUT2D eigenvalue weighted by molar-refractivity contribution is -0.159. The lowest BCUT2D eigenvalue weighted by Crippen LogP contribution is -2.44. The summed E-state index contributed by atoms with van der Waals surface area (Å²) in [6.45, 7) is -1.16. The molecule has 0 radical (unpaired) electrons. The zero-order chi connectivity index (χ0) is 21.3. The Hall–Kier alpha value is -3.26. The number of halogens is 2. The van der Waals surface area contributed by atoms with E-state index in [4.69, 9.17) is 9.47 Å². The van der Waals surface area contributed by atoms with E-state index in [2.05, 4.69) is 4.74 Å². The summed E-state index contributed by atoms with van der Waals surface area (Å²) in [4.78, 5) is 26.9. The van der Waals surface area contributed by atoms with Crippen molar-refractivity contribution in [3.8, 4) is 5.75 Å². The Bertz CT molecular complexity index is 865. The number of rotatable bonds is 7. The summed E-state index contributed by atoms with van der Waals surface area (Å²) in [7, 11) is 0. The van der Waals surface area contributed by atoms with Gasteiger partial charge in [-0.05, 0) is 23.8 Å². The fraction of sp³-hybridized carbons (Fsp3) is 0.273. The number of hydrogen-bond donors (Lipinski definition) is 0. The molecule has 6 nitrogen and oxygen atoms in total. The molecule has 0 N–H and O–H groups in total. The van der Waals surface area contributed by atoms with Crippen LogP contribution in [0, 0.1) is 0 Å². The third-order valence-electron chi connectivity index (χ3n) is 4.40. The minimum Gasteiger partial charge on any atom is -0.444 e. The number of carbonyl (C=O) groups is 2. The van der Waals surface area contributed by atoms with Gasteiger partial charge in [0.05, 0.1) is 13.2 Å². The van der Waals surface area contributed by atoms with E-state index in [-0.39, 0.29) is 11.7 Å². The van der Waals surface area contributed by atoms with Gasteiger partial charge in [-0.15, -0.1) is 0 Å².